The van der Waals surface area contributed by atoms with Gasteiger partial charge in [-0.15, -0.1) is 0 Å². The minimum Gasteiger partial charge on any atom is -0.462 e. The van der Waals surface area contributed by atoms with Crippen molar-refractivity contribution in [2.24, 2.45) is 40.4 Å². The van der Waals surface area contributed by atoms with Crippen molar-refractivity contribution in [3.63, 3.8) is 0 Å². The maximum absolute atomic E-state index is 12.8. The van der Waals surface area contributed by atoms with E-state index in [1.807, 2.05) is 6.08 Å². The molecule has 1 heterocycles. The van der Waals surface area contributed by atoms with Crippen molar-refractivity contribution in [2.45, 2.75) is 164 Å². The molecule has 5 rings (SSSR count). The Bertz CT molecular complexity index is 1460. The van der Waals surface area contributed by atoms with E-state index in [-0.39, 0.29) is 46.6 Å². The van der Waals surface area contributed by atoms with Crippen molar-refractivity contribution >= 4 is 29.7 Å². The second-order valence-corrected chi connectivity index (χ2v) is 17.0. The van der Waals surface area contributed by atoms with E-state index in [0.717, 1.165) is 32.1 Å². The van der Waals surface area contributed by atoms with Gasteiger partial charge in [0, 0.05) is 40.0 Å². The summed E-state index contributed by atoms with van der Waals surface area (Å²) in [4.78, 5) is 61.8. The number of esters is 4. The van der Waals surface area contributed by atoms with Crippen LogP contribution < -0.4 is 0 Å². The monoisotopic (exact) mass is 728 g/mol. The van der Waals surface area contributed by atoms with Gasteiger partial charge in [0.15, 0.2) is 30.4 Å². The summed E-state index contributed by atoms with van der Waals surface area (Å²) >= 11 is 0. The fourth-order valence-corrected chi connectivity index (χ4v) is 10.8. The summed E-state index contributed by atoms with van der Waals surface area (Å²) < 4.78 is 35.7. The zero-order valence-corrected chi connectivity index (χ0v) is 32.7. The Balaban J connectivity index is 1.40. The van der Waals surface area contributed by atoms with E-state index in [0.29, 0.717) is 37.0 Å². The zero-order valence-electron chi connectivity index (χ0n) is 32.7. The Morgan fingerprint density at radius 2 is 1.44 bits per heavy atom. The third kappa shape index (κ3) is 8.20. The minimum atomic E-state index is -1.18. The third-order valence-electron chi connectivity index (χ3n) is 12.8. The van der Waals surface area contributed by atoms with Gasteiger partial charge >= 0.3 is 23.9 Å². The fourth-order valence-electron chi connectivity index (χ4n) is 10.8. The van der Waals surface area contributed by atoms with Gasteiger partial charge in [-0.2, -0.15) is 0 Å². The Labute approximate surface area is 308 Å². The van der Waals surface area contributed by atoms with Gasteiger partial charge in [0.1, 0.15) is 6.10 Å². The smallest absolute Gasteiger partial charge is 0.303 e. The van der Waals surface area contributed by atoms with Crippen LogP contribution in [0.3, 0.4) is 0 Å². The Morgan fingerprint density at radius 1 is 0.827 bits per heavy atom. The van der Waals surface area contributed by atoms with Crippen LogP contribution in [-0.4, -0.2) is 72.6 Å². The molecule has 0 aromatic heterocycles. The molecule has 13 atom stereocenters. The molecule has 52 heavy (non-hydrogen) atoms. The number of ether oxygens (including phenoxy) is 6. The number of hydrogen-bond acceptors (Lipinski definition) is 11. The van der Waals surface area contributed by atoms with Gasteiger partial charge in [-0.05, 0) is 99.4 Å². The highest BCUT2D eigenvalue weighted by Crippen LogP contribution is 2.66. The summed E-state index contributed by atoms with van der Waals surface area (Å²) in [6.07, 6.45) is 4.95. The van der Waals surface area contributed by atoms with Gasteiger partial charge in [-0.1, -0.05) is 44.9 Å². The molecule has 5 aliphatic rings. The van der Waals surface area contributed by atoms with Gasteiger partial charge < -0.3 is 28.4 Å². The first kappa shape index (κ1) is 40.1. The predicted octanol–water partition coefficient (Wildman–Crippen LogP) is 6.59. The predicted molar refractivity (Wildman–Crippen MR) is 190 cm³/mol. The van der Waals surface area contributed by atoms with Crippen LogP contribution in [0, 0.1) is 40.4 Å². The van der Waals surface area contributed by atoms with Crippen LogP contribution in [-0.2, 0) is 52.4 Å². The van der Waals surface area contributed by atoms with E-state index in [1.165, 1.54) is 38.8 Å². The maximum Gasteiger partial charge on any atom is 0.303 e. The number of carbonyl (C=O) groups is 5. The van der Waals surface area contributed by atoms with Gasteiger partial charge in [0.25, 0.3) is 0 Å². The molecule has 0 spiro atoms. The summed E-state index contributed by atoms with van der Waals surface area (Å²) in [6, 6.07) is 0. The summed E-state index contributed by atoms with van der Waals surface area (Å²) in [5, 5.41) is 0. The molecule has 0 N–H and O–H groups in total. The molecule has 4 aliphatic carbocycles. The van der Waals surface area contributed by atoms with Crippen LogP contribution in [0.1, 0.15) is 121 Å². The van der Waals surface area contributed by atoms with Gasteiger partial charge in [-0.25, -0.2) is 0 Å². The second kappa shape index (κ2) is 15.7. The highest BCUT2D eigenvalue weighted by atomic mass is 16.7. The third-order valence-corrected chi connectivity index (χ3v) is 12.8. The molecule has 0 aromatic rings. The van der Waals surface area contributed by atoms with Crippen molar-refractivity contribution in [2.75, 3.05) is 0 Å². The van der Waals surface area contributed by atoms with Crippen molar-refractivity contribution in [3.8, 4) is 0 Å². The molecule has 0 amide bonds. The van der Waals surface area contributed by atoms with E-state index in [9.17, 15) is 24.0 Å². The minimum absolute atomic E-state index is 0.0142. The topological polar surface area (TPSA) is 141 Å². The molecule has 13 unspecified atom stereocenters. The fraction of sp³-hybridized carbons (Fsp3) is 0.780. The molecular weight excluding hydrogens is 668 g/mol. The quantitative estimate of drug-likeness (QED) is 0.0791. The average Bonchev–Trinajstić information content (AvgIpc) is 3.37. The molecule has 4 fully saturated rings. The number of hydrogen-bond donors (Lipinski definition) is 0. The molecule has 3 saturated carbocycles. The first-order valence-electron chi connectivity index (χ1n) is 19.2. The Kier molecular flexibility index (Phi) is 12.1. The lowest BCUT2D eigenvalue weighted by atomic mass is 9.47. The Morgan fingerprint density at radius 3 is 2.06 bits per heavy atom. The average molecular weight is 729 g/mol. The van der Waals surface area contributed by atoms with Crippen LogP contribution in [0.15, 0.2) is 23.3 Å². The molecule has 1 saturated heterocycles. The van der Waals surface area contributed by atoms with E-state index in [2.05, 4.69) is 40.7 Å². The lowest BCUT2D eigenvalue weighted by Crippen LogP contribution is -2.62. The van der Waals surface area contributed by atoms with E-state index in [4.69, 9.17) is 28.4 Å². The number of ketones is 1. The van der Waals surface area contributed by atoms with Crippen molar-refractivity contribution in [1.82, 2.24) is 0 Å². The number of rotatable bonds is 10. The van der Waals surface area contributed by atoms with Crippen LogP contribution in [0.5, 0.6) is 0 Å². The van der Waals surface area contributed by atoms with Crippen LogP contribution >= 0.6 is 0 Å². The van der Waals surface area contributed by atoms with E-state index >= 15 is 0 Å². The molecule has 0 bridgehead atoms. The van der Waals surface area contributed by atoms with Crippen LogP contribution in [0.4, 0.5) is 0 Å². The van der Waals surface area contributed by atoms with Gasteiger partial charge in [-0.3, -0.25) is 24.0 Å². The van der Waals surface area contributed by atoms with Crippen LogP contribution in [0.25, 0.3) is 0 Å². The first-order chi connectivity index (χ1) is 24.3. The summed E-state index contributed by atoms with van der Waals surface area (Å²) in [7, 11) is 0. The van der Waals surface area contributed by atoms with Gasteiger partial charge in [0.2, 0.25) is 0 Å². The van der Waals surface area contributed by atoms with Crippen LogP contribution in [0.2, 0.25) is 0 Å². The second-order valence-electron chi connectivity index (χ2n) is 17.0. The van der Waals surface area contributed by atoms with Crippen molar-refractivity contribution < 1.29 is 52.4 Å². The van der Waals surface area contributed by atoms with E-state index in [1.54, 1.807) is 6.92 Å². The molecule has 0 aromatic carbocycles. The summed E-state index contributed by atoms with van der Waals surface area (Å²) in [5.41, 5.74) is 2.43. The van der Waals surface area contributed by atoms with Gasteiger partial charge in [0.05, 0.1) is 12.2 Å². The lowest BCUT2D eigenvalue weighted by Gasteiger charge is -2.59. The first-order valence-corrected chi connectivity index (χ1v) is 19.2. The molecule has 290 valence electrons. The standard InChI is InChI=1S/C41H60O11/c1-21(2)17-28(46)18-22(3)31-11-12-32-30-20-35(48-24(5)42)34-19-29(13-15-41(34,10)33(30)14-16-40(31,32)9)52-39-38(51-27(8)45)37(50-26(7)44)36(23(4)47-39)49-25(6)43/h14,18,21,23,29-32,34-39H,11-13,15-17,19-20H2,1-10H3/b22-18+. The number of allylic oxidation sites excluding steroid dienone is 4. The lowest BCUT2D eigenvalue weighted by molar-refractivity contribution is -0.314. The number of fused-ring (bicyclic) bond motifs is 5. The highest BCUT2D eigenvalue weighted by Gasteiger charge is 2.61. The molecular formula is C41H60O11. The van der Waals surface area contributed by atoms with Crippen molar-refractivity contribution in [1.29, 1.82) is 0 Å². The highest BCUT2D eigenvalue weighted by molar-refractivity contribution is 5.90. The molecule has 1 aliphatic heterocycles. The molecule has 11 nitrogen and oxygen atoms in total. The van der Waals surface area contributed by atoms with E-state index < -0.39 is 48.6 Å². The SMILES string of the molecule is CC(=O)OC1CC2C(=CCC3(C)C(/C(C)=C/C(=O)CC(C)C)CCC23)C2(C)CCC(OC3OC(C)C(OC(C)=O)C(OC(C)=O)C3OC(C)=O)CC12. The molecule has 11 heteroatoms. The summed E-state index contributed by atoms with van der Waals surface area (Å²) in [5.74, 6) is -0.652. The summed E-state index contributed by atoms with van der Waals surface area (Å²) in [6.45, 7) is 17.9. The Hall–Kier alpha value is -3.05. The van der Waals surface area contributed by atoms with Crippen molar-refractivity contribution in [3.05, 3.63) is 23.3 Å². The zero-order chi connectivity index (χ0) is 38.3. The largest absolute Gasteiger partial charge is 0.462 e. The number of carbonyl (C=O) groups excluding carboxylic acids is 5. The molecule has 0 radical (unpaired) electrons. The maximum atomic E-state index is 12.8. The normalized spacial score (nSPS) is 40.0.